The van der Waals surface area contributed by atoms with Gasteiger partial charge < -0.3 is 13.9 Å². The Labute approximate surface area is 136 Å². The van der Waals surface area contributed by atoms with Gasteiger partial charge in [-0.1, -0.05) is 32.0 Å². The van der Waals surface area contributed by atoms with Crippen molar-refractivity contribution < 1.29 is 13.9 Å². The fraction of sp³-hybridized carbons (Fsp3) is 0.200. The molecule has 3 heteroatoms. The molecule has 0 fully saturated rings. The highest BCUT2D eigenvalue weighted by Gasteiger charge is 2.03. The summed E-state index contributed by atoms with van der Waals surface area (Å²) < 4.78 is 16.8. The Morgan fingerprint density at radius 1 is 0.870 bits per heavy atom. The first-order chi connectivity index (χ1) is 11.2. The third-order valence-corrected chi connectivity index (χ3v) is 3.55. The van der Waals surface area contributed by atoms with E-state index in [1.165, 1.54) is 5.56 Å². The fourth-order valence-electron chi connectivity index (χ4n) is 2.23. The van der Waals surface area contributed by atoms with Crippen molar-refractivity contribution >= 4 is 0 Å². The van der Waals surface area contributed by atoms with E-state index in [1.807, 2.05) is 48.5 Å². The first kappa shape index (κ1) is 15.2. The molecule has 0 saturated heterocycles. The lowest BCUT2D eigenvalue weighted by molar-refractivity contribution is 0.269. The molecule has 3 aromatic rings. The molecule has 0 spiro atoms. The zero-order valence-corrected chi connectivity index (χ0v) is 13.4. The Bertz CT molecular complexity index is 728. The Morgan fingerprint density at radius 3 is 2.35 bits per heavy atom. The predicted molar refractivity (Wildman–Crippen MR) is 90.1 cm³/mol. The zero-order chi connectivity index (χ0) is 16.1. The van der Waals surface area contributed by atoms with Crippen LogP contribution in [0.1, 0.15) is 31.1 Å². The maximum atomic E-state index is 5.89. The Morgan fingerprint density at radius 2 is 1.65 bits per heavy atom. The van der Waals surface area contributed by atoms with Gasteiger partial charge in [-0.15, -0.1) is 0 Å². The minimum Gasteiger partial charge on any atom is -0.486 e. The van der Waals surface area contributed by atoms with E-state index < -0.39 is 0 Å². The number of hydrogen-bond acceptors (Lipinski definition) is 3. The summed E-state index contributed by atoms with van der Waals surface area (Å²) in [5.41, 5.74) is 1.30. The maximum absolute atomic E-state index is 5.89. The number of rotatable bonds is 6. The summed E-state index contributed by atoms with van der Waals surface area (Å²) in [4.78, 5) is 0. The SMILES string of the molecule is CC(C)c1ccc(Oc2cccc(OCc3ccco3)c2)cc1. The molecule has 118 valence electrons. The monoisotopic (exact) mass is 308 g/mol. The van der Waals surface area contributed by atoms with Gasteiger partial charge in [0.05, 0.1) is 6.26 Å². The maximum Gasteiger partial charge on any atom is 0.146 e. The van der Waals surface area contributed by atoms with Crippen molar-refractivity contribution in [2.24, 2.45) is 0 Å². The van der Waals surface area contributed by atoms with Crippen LogP contribution in [0.15, 0.2) is 71.3 Å². The molecule has 3 rings (SSSR count). The quantitative estimate of drug-likeness (QED) is 0.579. The molecule has 23 heavy (non-hydrogen) atoms. The van der Waals surface area contributed by atoms with Crippen molar-refractivity contribution in [1.29, 1.82) is 0 Å². The van der Waals surface area contributed by atoms with Gasteiger partial charge >= 0.3 is 0 Å². The van der Waals surface area contributed by atoms with Gasteiger partial charge in [0.1, 0.15) is 29.6 Å². The molecule has 2 aromatic carbocycles. The molecule has 0 atom stereocenters. The lowest BCUT2D eigenvalue weighted by Gasteiger charge is -2.10. The van der Waals surface area contributed by atoms with Gasteiger partial charge in [-0.2, -0.15) is 0 Å². The van der Waals surface area contributed by atoms with Gasteiger partial charge in [-0.3, -0.25) is 0 Å². The van der Waals surface area contributed by atoms with Gasteiger partial charge in [0, 0.05) is 6.07 Å². The van der Waals surface area contributed by atoms with E-state index in [4.69, 9.17) is 13.9 Å². The van der Waals surface area contributed by atoms with E-state index in [2.05, 4.69) is 26.0 Å². The van der Waals surface area contributed by atoms with Crippen molar-refractivity contribution in [1.82, 2.24) is 0 Å². The first-order valence-corrected chi connectivity index (χ1v) is 7.74. The molecule has 0 aliphatic heterocycles. The van der Waals surface area contributed by atoms with Gasteiger partial charge in [-0.25, -0.2) is 0 Å². The average Bonchev–Trinajstić information content (AvgIpc) is 3.07. The van der Waals surface area contributed by atoms with Crippen LogP contribution in [0.2, 0.25) is 0 Å². The molecule has 1 aromatic heterocycles. The lowest BCUT2D eigenvalue weighted by atomic mass is 10.0. The largest absolute Gasteiger partial charge is 0.486 e. The molecule has 0 N–H and O–H groups in total. The molecule has 0 aliphatic carbocycles. The molecule has 1 heterocycles. The van der Waals surface area contributed by atoms with Crippen molar-refractivity contribution in [3.05, 3.63) is 78.3 Å². The first-order valence-electron chi connectivity index (χ1n) is 7.74. The normalized spacial score (nSPS) is 10.7. The van der Waals surface area contributed by atoms with E-state index in [1.54, 1.807) is 6.26 Å². The molecular formula is C20H20O3. The second-order valence-corrected chi connectivity index (χ2v) is 5.67. The number of benzene rings is 2. The van der Waals surface area contributed by atoms with Crippen LogP contribution in [0.3, 0.4) is 0 Å². The summed E-state index contributed by atoms with van der Waals surface area (Å²) in [7, 11) is 0. The van der Waals surface area contributed by atoms with E-state index in [-0.39, 0.29) is 0 Å². The molecule has 0 saturated carbocycles. The van der Waals surface area contributed by atoms with Crippen LogP contribution in [-0.4, -0.2) is 0 Å². The minimum absolute atomic E-state index is 0.402. The zero-order valence-electron chi connectivity index (χ0n) is 13.4. The summed E-state index contributed by atoms with van der Waals surface area (Å²) in [5.74, 6) is 3.62. The standard InChI is InChI=1S/C20H20O3/c1-15(2)16-8-10-17(11-9-16)23-19-6-3-5-18(13-19)22-14-20-7-4-12-21-20/h3-13,15H,14H2,1-2H3. The van der Waals surface area contributed by atoms with Gasteiger partial charge in [0.25, 0.3) is 0 Å². The molecule has 0 radical (unpaired) electrons. The van der Waals surface area contributed by atoms with Crippen LogP contribution < -0.4 is 9.47 Å². The van der Waals surface area contributed by atoms with Crippen LogP contribution in [0.4, 0.5) is 0 Å². The van der Waals surface area contributed by atoms with Gasteiger partial charge in [-0.05, 0) is 47.9 Å². The van der Waals surface area contributed by atoms with E-state index in [0.29, 0.717) is 12.5 Å². The summed E-state index contributed by atoms with van der Waals surface area (Å²) in [6.45, 7) is 4.75. The van der Waals surface area contributed by atoms with Crippen LogP contribution in [-0.2, 0) is 6.61 Å². The van der Waals surface area contributed by atoms with Gasteiger partial charge in [0.15, 0.2) is 0 Å². The predicted octanol–water partition coefficient (Wildman–Crippen LogP) is 5.77. The summed E-state index contributed by atoms with van der Waals surface area (Å²) in [5, 5.41) is 0. The Balaban J connectivity index is 1.64. The van der Waals surface area contributed by atoms with Crippen LogP contribution >= 0.6 is 0 Å². The highest BCUT2D eigenvalue weighted by Crippen LogP contribution is 2.27. The van der Waals surface area contributed by atoms with E-state index in [0.717, 1.165) is 23.0 Å². The molecule has 0 unspecified atom stereocenters. The summed E-state index contributed by atoms with van der Waals surface area (Å²) in [6.07, 6.45) is 1.64. The van der Waals surface area contributed by atoms with Crippen LogP contribution in [0.25, 0.3) is 0 Å². The van der Waals surface area contributed by atoms with Crippen LogP contribution in [0, 0.1) is 0 Å². The number of ether oxygens (including phenoxy) is 2. The van der Waals surface area contributed by atoms with Crippen molar-refractivity contribution in [3.63, 3.8) is 0 Å². The molecule has 0 bridgehead atoms. The smallest absolute Gasteiger partial charge is 0.146 e. The molecule has 0 amide bonds. The van der Waals surface area contributed by atoms with Crippen LogP contribution in [0.5, 0.6) is 17.2 Å². The molecule has 3 nitrogen and oxygen atoms in total. The second-order valence-electron chi connectivity index (χ2n) is 5.67. The van der Waals surface area contributed by atoms with E-state index in [9.17, 15) is 0 Å². The summed E-state index contributed by atoms with van der Waals surface area (Å²) >= 11 is 0. The Kier molecular flexibility index (Phi) is 4.67. The minimum atomic E-state index is 0.402. The molecule has 0 aliphatic rings. The van der Waals surface area contributed by atoms with Crippen molar-refractivity contribution in [2.75, 3.05) is 0 Å². The fourth-order valence-corrected chi connectivity index (χ4v) is 2.23. The average molecular weight is 308 g/mol. The highest BCUT2D eigenvalue weighted by molar-refractivity contribution is 5.38. The number of hydrogen-bond donors (Lipinski definition) is 0. The highest BCUT2D eigenvalue weighted by atomic mass is 16.5. The topological polar surface area (TPSA) is 31.6 Å². The number of furan rings is 1. The van der Waals surface area contributed by atoms with Gasteiger partial charge in [0.2, 0.25) is 0 Å². The lowest BCUT2D eigenvalue weighted by Crippen LogP contribution is -1.94. The Hall–Kier alpha value is -2.68. The third kappa shape index (κ3) is 4.16. The van der Waals surface area contributed by atoms with Crippen molar-refractivity contribution in [2.45, 2.75) is 26.4 Å². The van der Waals surface area contributed by atoms with Crippen molar-refractivity contribution in [3.8, 4) is 17.2 Å². The summed E-state index contributed by atoms with van der Waals surface area (Å²) in [6, 6.07) is 19.5. The third-order valence-electron chi connectivity index (χ3n) is 3.55. The van der Waals surface area contributed by atoms with E-state index >= 15 is 0 Å². The second kappa shape index (κ2) is 7.05. The molecular weight excluding hydrogens is 288 g/mol.